The quantitative estimate of drug-likeness (QED) is 0.604. The number of hydrazine groups is 1. The molecule has 5 nitrogen and oxygen atoms in total. The maximum Gasteiger partial charge on any atom is 0.416 e. The van der Waals surface area contributed by atoms with Gasteiger partial charge in [-0.1, -0.05) is 18.2 Å². The van der Waals surface area contributed by atoms with E-state index in [0.29, 0.717) is 5.75 Å². The Morgan fingerprint density at radius 2 is 1.79 bits per heavy atom. The van der Waals surface area contributed by atoms with Gasteiger partial charge >= 0.3 is 6.18 Å². The molecule has 0 unspecified atom stereocenters. The van der Waals surface area contributed by atoms with Crippen LogP contribution in [0, 0.1) is 13.8 Å². The van der Waals surface area contributed by atoms with Gasteiger partial charge in [-0.05, 0) is 60.9 Å². The summed E-state index contributed by atoms with van der Waals surface area (Å²) in [6.45, 7) is 3.56. The standard InChI is InChI=1S/C20H19F3N2O3/c1-13-6-8-17(10-14(13)2)28-12-19(27)25-24-18(26)9-7-15-4-3-5-16(11-15)20(21,22)23/h3-11H,12H2,1-2H3,(H,24,26)(H,25,27)/b9-7+. The predicted molar refractivity (Wildman–Crippen MR) is 98.2 cm³/mol. The second kappa shape index (κ2) is 9.07. The van der Waals surface area contributed by atoms with Gasteiger partial charge in [0.2, 0.25) is 0 Å². The minimum Gasteiger partial charge on any atom is -0.484 e. The predicted octanol–water partition coefficient (Wildman–Crippen LogP) is 3.56. The van der Waals surface area contributed by atoms with E-state index in [1.165, 1.54) is 18.2 Å². The molecule has 0 bridgehead atoms. The average Bonchev–Trinajstić information content (AvgIpc) is 2.65. The summed E-state index contributed by atoms with van der Waals surface area (Å²) in [5, 5.41) is 0. The minimum atomic E-state index is -4.46. The molecule has 0 atom stereocenters. The van der Waals surface area contributed by atoms with Crippen molar-refractivity contribution in [1.82, 2.24) is 10.9 Å². The van der Waals surface area contributed by atoms with Gasteiger partial charge in [-0.3, -0.25) is 20.4 Å². The summed E-state index contributed by atoms with van der Waals surface area (Å²) in [4.78, 5) is 23.4. The Hall–Kier alpha value is -3.29. The number of halogens is 3. The first-order valence-corrected chi connectivity index (χ1v) is 8.29. The lowest BCUT2D eigenvalue weighted by atomic mass is 10.1. The van der Waals surface area contributed by atoms with Crippen LogP contribution in [0.25, 0.3) is 6.08 Å². The molecular formula is C20H19F3N2O3. The normalized spacial score (nSPS) is 11.3. The van der Waals surface area contributed by atoms with Crippen LogP contribution in [0.4, 0.5) is 13.2 Å². The average molecular weight is 392 g/mol. The van der Waals surface area contributed by atoms with Crippen molar-refractivity contribution in [3.63, 3.8) is 0 Å². The summed E-state index contributed by atoms with van der Waals surface area (Å²) < 4.78 is 43.3. The Kier molecular flexibility index (Phi) is 6.81. The maximum absolute atomic E-state index is 12.7. The number of alkyl halides is 3. The van der Waals surface area contributed by atoms with E-state index in [2.05, 4.69) is 10.9 Å². The number of rotatable bonds is 5. The summed E-state index contributed by atoms with van der Waals surface area (Å²) in [6.07, 6.45) is -2.24. The molecule has 0 aliphatic carbocycles. The number of amides is 2. The number of nitrogens with one attached hydrogen (secondary N) is 2. The summed E-state index contributed by atoms with van der Waals surface area (Å²) in [5.41, 5.74) is 5.79. The Morgan fingerprint density at radius 3 is 2.46 bits per heavy atom. The van der Waals surface area contributed by atoms with E-state index in [1.54, 1.807) is 12.1 Å². The molecule has 0 saturated carbocycles. The van der Waals surface area contributed by atoms with Crippen molar-refractivity contribution in [3.05, 3.63) is 70.8 Å². The summed E-state index contributed by atoms with van der Waals surface area (Å²) in [7, 11) is 0. The van der Waals surface area contributed by atoms with E-state index in [9.17, 15) is 22.8 Å². The van der Waals surface area contributed by atoms with Crippen LogP contribution in [-0.4, -0.2) is 18.4 Å². The Labute approximate surface area is 160 Å². The highest BCUT2D eigenvalue weighted by Gasteiger charge is 2.30. The van der Waals surface area contributed by atoms with E-state index in [4.69, 9.17) is 4.74 Å². The van der Waals surface area contributed by atoms with Gasteiger partial charge in [-0.2, -0.15) is 13.2 Å². The van der Waals surface area contributed by atoms with Crippen molar-refractivity contribution >= 4 is 17.9 Å². The lowest BCUT2D eigenvalue weighted by Gasteiger charge is -2.09. The molecule has 0 fully saturated rings. The third kappa shape index (κ3) is 6.46. The largest absolute Gasteiger partial charge is 0.484 e. The van der Waals surface area contributed by atoms with Crippen LogP contribution in [0.1, 0.15) is 22.3 Å². The van der Waals surface area contributed by atoms with E-state index in [0.717, 1.165) is 29.3 Å². The second-order valence-corrected chi connectivity index (χ2v) is 6.03. The van der Waals surface area contributed by atoms with Gasteiger partial charge in [0.05, 0.1) is 5.56 Å². The van der Waals surface area contributed by atoms with E-state index in [1.807, 2.05) is 19.9 Å². The number of carbonyl (C=O) groups is 2. The molecule has 8 heteroatoms. The zero-order chi connectivity index (χ0) is 20.7. The fourth-order valence-corrected chi connectivity index (χ4v) is 2.15. The van der Waals surface area contributed by atoms with Gasteiger partial charge < -0.3 is 4.74 Å². The van der Waals surface area contributed by atoms with Crippen molar-refractivity contribution in [2.24, 2.45) is 0 Å². The third-order valence-electron chi connectivity index (χ3n) is 3.81. The first-order chi connectivity index (χ1) is 13.1. The first kappa shape index (κ1) is 21.0. The molecule has 0 saturated heterocycles. The SMILES string of the molecule is Cc1ccc(OCC(=O)NNC(=O)/C=C/c2cccc(C(F)(F)F)c2)cc1C. The summed E-state index contributed by atoms with van der Waals surface area (Å²) >= 11 is 0. The molecule has 148 valence electrons. The molecule has 2 aromatic carbocycles. The third-order valence-corrected chi connectivity index (χ3v) is 3.81. The van der Waals surface area contributed by atoms with Gasteiger partial charge in [0.1, 0.15) is 5.75 Å². The highest BCUT2D eigenvalue weighted by Crippen LogP contribution is 2.29. The van der Waals surface area contributed by atoms with Gasteiger partial charge in [0.25, 0.3) is 11.8 Å². The highest BCUT2D eigenvalue weighted by molar-refractivity contribution is 5.93. The summed E-state index contributed by atoms with van der Waals surface area (Å²) in [6, 6.07) is 9.90. The van der Waals surface area contributed by atoms with Gasteiger partial charge in [0.15, 0.2) is 6.61 Å². The number of ether oxygens (including phenoxy) is 1. The fraction of sp³-hybridized carbons (Fsp3) is 0.200. The molecular weight excluding hydrogens is 373 g/mol. The zero-order valence-electron chi connectivity index (χ0n) is 15.3. The smallest absolute Gasteiger partial charge is 0.416 e. The van der Waals surface area contributed by atoms with Crippen LogP contribution in [0.3, 0.4) is 0 Å². The van der Waals surface area contributed by atoms with E-state index >= 15 is 0 Å². The van der Waals surface area contributed by atoms with Crippen molar-refractivity contribution in [2.75, 3.05) is 6.61 Å². The Morgan fingerprint density at radius 1 is 1.04 bits per heavy atom. The van der Waals surface area contributed by atoms with Crippen molar-refractivity contribution < 1.29 is 27.5 Å². The Balaban J connectivity index is 1.80. The maximum atomic E-state index is 12.7. The topological polar surface area (TPSA) is 67.4 Å². The van der Waals surface area contributed by atoms with Crippen LogP contribution in [0.5, 0.6) is 5.75 Å². The highest BCUT2D eigenvalue weighted by atomic mass is 19.4. The van der Waals surface area contributed by atoms with Gasteiger partial charge in [-0.15, -0.1) is 0 Å². The molecule has 28 heavy (non-hydrogen) atoms. The molecule has 0 aromatic heterocycles. The molecule has 0 spiro atoms. The number of benzene rings is 2. The van der Waals surface area contributed by atoms with Crippen molar-refractivity contribution in [1.29, 1.82) is 0 Å². The molecule has 0 aliphatic rings. The lowest BCUT2D eigenvalue weighted by Crippen LogP contribution is -2.43. The lowest BCUT2D eigenvalue weighted by molar-refractivity contribution is -0.137. The number of hydrogen-bond donors (Lipinski definition) is 2. The van der Waals surface area contributed by atoms with E-state index < -0.39 is 23.6 Å². The molecule has 2 aromatic rings. The summed E-state index contributed by atoms with van der Waals surface area (Å²) in [5.74, 6) is -0.759. The van der Waals surface area contributed by atoms with Crippen molar-refractivity contribution in [2.45, 2.75) is 20.0 Å². The zero-order valence-corrected chi connectivity index (χ0v) is 15.3. The number of aryl methyl sites for hydroxylation is 2. The molecule has 0 radical (unpaired) electrons. The molecule has 2 rings (SSSR count). The van der Waals surface area contributed by atoms with Gasteiger partial charge in [0, 0.05) is 6.08 Å². The van der Waals surface area contributed by atoms with Gasteiger partial charge in [-0.25, -0.2) is 0 Å². The molecule has 0 aliphatic heterocycles. The molecule has 0 heterocycles. The van der Waals surface area contributed by atoms with Crippen LogP contribution in [0.15, 0.2) is 48.5 Å². The fourth-order valence-electron chi connectivity index (χ4n) is 2.15. The number of carbonyl (C=O) groups excluding carboxylic acids is 2. The van der Waals surface area contributed by atoms with Crippen LogP contribution in [-0.2, 0) is 15.8 Å². The number of hydrogen-bond acceptors (Lipinski definition) is 3. The minimum absolute atomic E-state index is 0.203. The Bertz CT molecular complexity index is 893. The monoisotopic (exact) mass is 392 g/mol. The van der Waals surface area contributed by atoms with Crippen molar-refractivity contribution in [3.8, 4) is 5.75 Å². The van der Waals surface area contributed by atoms with Crippen LogP contribution < -0.4 is 15.6 Å². The first-order valence-electron chi connectivity index (χ1n) is 8.29. The van der Waals surface area contributed by atoms with Crippen LogP contribution in [0.2, 0.25) is 0 Å². The molecule has 2 N–H and O–H groups in total. The van der Waals surface area contributed by atoms with E-state index in [-0.39, 0.29) is 12.2 Å². The second-order valence-electron chi connectivity index (χ2n) is 6.03. The molecule has 2 amide bonds. The van der Waals surface area contributed by atoms with Crippen LogP contribution >= 0.6 is 0 Å².